The summed E-state index contributed by atoms with van der Waals surface area (Å²) in [6.45, 7) is 16.9. The Morgan fingerprint density at radius 2 is 1.38 bits per heavy atom. The van der Waals surface area contributed by atoms with E-state index in [0.717, 1.165) is 0 Å². The van der Waals surface area contributed by atoms with Crippen LogP contribution >= 0.6 is 0 Å². The molecule has 2 nitrogen and oxygen atoms in total. The average molecular weight is 395 g/mol. The van der Waals surface area contributed by atoms with Gasteiger partial charge in [0.25, 0.3) is 0 Å². The standard InChI is InChI=1S/C27H38O2/c1-19(2)24-16-25(20(3)4)27(26(17-24)21(5)6)22(7)29-15-11-14-28-18-23-12-9-8-10-13-23/h8-13,15-17,19-22H,14,18H2,1-7H3/b15-11-. The Balaban J connectivity index is 2.07. The van der Waals surface area contributed by atoms with Gasteiger partial charge in [0.15, 0.2) is 0 Å². The normalized spacial score (nSPS) is 13.0. The van der Waals surface area contributed by atoms with Gasteiger partial charge in [-0.25, -0.2) is 0 Å². The topological polar surface area (TPSA) is 18.5 Å². The summed E-state index contributed by atoms with van der Waals surface area (Å²) in [7, 11) is 0. The highest BCUT2D eigenvalue weighted by Crippen LogP contribution is 2.36. The van der Waals surface area contributed by atoms with E-state index in [4.69, 9.17) is 9.47 Å². The number of benzene rings is 2. The molecule has 0 bridgehead atoms. The highest BCUT2D eigenvalue weighted by Gasteiger charge is 2.21. The number of hydrogen-bond donors (Lipinski definition) is 0. The molecule has 0 aliphatic carbocycles. The summed E-state index contributed by atoms with van der Waals surface area (Å²) in [5.41, 5.74) is 6.75. The van der Waals surface area contributed by atoms with Gasteiger partial charge in [0.2, 0.25) is 0 Å². The highest BCUT2D eigenvalue weighted by atomic mass is 16.5. The molecule has 0 aliphatic heterocycles. The van der Waals surface area contributed by atoms with Gasteiger partial charge in [0.1, 0.15) is 6.10 Å². The molecule has 1 unspecified atom stereocenters. The zero-order valence-corrected chi connectivity index (χ0v) is 19.2. The highest BCUT2D eigenvalue weighted by molar-refractivity contribution is 5.45. The third kappa shape index (κ3) is 6.75. The fourth-order valence-electron chi connectivity index (χ4n) is 3.58. The van der Waals surface area contributed by atoms with Crippen LogP contribution in [0.25, 0.3) is 0 Å². The lowest BCUT2D eigenvalue weighted by molar-refractivity contribution is 0.136. The van der Waals surface area contributed by atoms with Crippen LogP contribution in [0.15, 0.2) is 54.8 Å². The van der Waals surface area contributed by atoms with Crippen LogP contribution in [0.2, 0.25) is 0 Å². The molecule has 0 radical (unpaired) electrons. The van der Waals surface area contributed by atoms with E-state index in [1.54, 1.807) is 6.26 Å². The van der Waals surface area contributed by atoms with Crippen molar-refractivity contribution in [1.82, 2.24) is 0 Å². The second-order valence-corrected chi connectivity index (χ2v) is 8.73. The van der Waals surface area contributed by atoms with Crippen molar-refractivity contribution >= 4 is 0 Å². The Labute approximate surface area is 178 Å². The predicted molar refractivity (Wildman–Crippen MR) is 123 cm³/mol. The Morgan fingerprint density at radius 1 is 0.793 bits per heavy atom. The van der Waals surface area contributed by atoms with Gasteiger partial charge in [-0.1, -0.05) is 84.0 Å². The van der Waals surface area contributed by atoms with Gasteiger partial charge in [0.05, 0.1) is 19.5 Å². The van der Waals surface area contributed by atoms with E-state index in [2.05, 4.69) is 72.7 Å². The Kier molecular flexibility index (Phi) is 8.98. The van der Waals surface area contributed by atoms with Crippen molar-refractivity contribution < 1.29 is 9.47 Å². The molecule has 1 atom stereocenters. The fraction of sp³-hybridized carbons (Fsp3) is 0.481. The molecule has 0 amide bonds. The zero-order chi connectivity index (χ0) is 21.4. The smallest absolute Gasteiger partial charge is 0.121 e. The largest absolute Gasteiger partial charge is 0.494 e. The summed E-state index contributed by atoms with van der Waals surface area (Å²) in [6.07, 6.45) is 3.75. The van der Waals surface area contributed by atoms with Crippen LogP contribution in [-0.2, 0) is 16.1 Å². The molecule has 158 valence electrons. The van der Waals surface area contributed by atoms with Crippen molar-refractivity contribution in [3.8, 4) is 0 Å². The molecule has 0 saturated carbocycles. The van der Waals surface area contributed by atoms with Crippen LogP contribution < -0.4 is 0 Å². The Hall–Kier alpha value is -2.06. The first-order chi connectivity index (χ1) is 13.8. The first-order valence-corrected chi connectivity index (χ1v) is 10.9. The lowest BCUT2D eigenvalue weighted by atomic mass is 9.82. The summed E-state index contributed by atoms with van der Waals surface area (Å²) in [5, 5.41) is 0. The second-order valence-electron chi connectivity index (χ2n) is 8.73. The van der Waals surface area contributed by atoms with Crippen molar-refractivity contribution in [2.45, 2.75) is 78.9 Å². The third-order valence-electron chi connectivity index (χ3n) is 5.29. The number of rotatable bonds is 10. The molecular formula is C27H38O2. The van der Waals surface area contributed by atoms with Gasteiger partial charge < -0.3 is 9.47 Å². The van der Waals surface area contributed by atoms with E-state index in [9.17, 15) is 0 Å². The van der Waals surface area contributed by atoms with E-state index in [1.807, 2.05) is 24.3 Å². The van der Waals surface area contributed by atoms with Gasteiger partial charge in [-0.15, -0.1) is 0 Å². The summed E-state index contributed by atoms with van der Waals surface area (Å²) < 4.78 is 11.8. The minimum absolute atomic E-state index is 0.0105. The lowest BCUT2D eigenvalue weighted by Crippen LogP contribution is -2.10. The maximum Gasteiger partial charge on any atom is 0.121 e. The van der Waals surface area contributed by atoms with E-state index in [1.165, 1.54) is 27.8 Å². The van der Waals surface area contributed by atoms with Crippen LogP contribution in [0.3, 0.4) is 0 Å². The second kappa shape index (κ2) is 11.2. The molecule has 2 aromatic rings. The minimum Gasteiger partial charge on any atom is -0.494 e. The first-order valence-electron chi connectivity index (χ1n) is 10.9. The molecule has 0 aromatic heterocycles. The van der Waals surface area contributed by atoms with Crippen molar-refractivity contribution in [3.63, 3.8) is 0 Å². The van der Waals surface area contributed by atoms with Crippen LogP contribution in [0.1, 0.15) is 100 Å². The summed E-state index contributed by atoms with van der Waals surface area (Å²) >= 11 is 0. The van der Waals surface area contributed by atoms with Crippen LogP contribution in [0, 0.1) is 0 Å². The van der Waals surface area contributed by atoms with Gasteiger partial charge >= 0.3 is 0 Å². The molecule has 2 rings (SSSR count). The van der Waals surface area contributed by atoms with E-state index < -0.39 is 0 Å². The SMILES string of the molecule is CC(C)c1cc(C(C)C)c(C(C)O/C=C\COCc2ccccc2)c(C(C)C)c1. The number of hydrogen-bond acceptors (Lipinski definition) is 2. The maximum absolute atomic E-state index is 6.10. The molecule has 0 fully saturated rings. The van der Waals surface area contributed by atoms with Gasteiger partial charge in [-0.05, 0) is 58.6 Å². The molecule has 2 heteroatoms. The van der Waals surface area contributed by atoms with Crippen molar-refractivity contribution in [3.05, 3.63) is 82.6 Å². The molecule has 0 saturated heterocycles. The molecule has 0 spiro atoms. The van der Waals surface area contributed by atoms with E-state index in [0.29, 0.717) is 31.0 Å². The molecule has 0 N–H and O–H groups in total. The molecule has 0 heterocycles. The van der Waals surface area contributed by atoms with E-state index in [-0.39, 0.29) is 6.10 Å². The maximum atomic E-state index is 6.10. The van der Waals surface area contributed by atoms with Crippen molar-refractivity contribution in [1.29, 1.82) is 0 Å². The fourth-order valence-corrected chi connectivity index (χ4v) is 3.58. The summed E-state index contributed by atoms with van der Waals surface area (Å²) in [4.78, 5) is 0. The molecule has 29 heavy (non-hydrogen) atoms. The molecule has 2 aromatic carbocycles. The van der Waals surface area contributed by atoms with E-state index >= 15 is 0 Å². The summed E-state index contributed by atoms with van der Waals surface area (Å²) in [5.74, 6) is 1.45. The van der Waals surface area contributed by atoms with Crippen LogP contribution in [-0.4, -0.2) is 6.61 Å². The van der Waals surface area contributed by atoms with Gasteiger partial charge in [0, 0.05) is 0 Å². The third-order valence-corrected chi connectivity index (χ3v) is 5.29. The van der Waals surface area contributed by atoms with Crippen molar-refractivity contribution in [2.75, 3.05) is 6.61 Å². The van der Waals surface area contributed by atoms with Gasteiger partial charge in [-0.2, -0.15) is 0 Å². The Bertz CT molecular complexity index is 743. The zero-order valence-electron chi connectivity index (χ0n) is 19.2. The lowest BCUT2D eigenvalue weighted by Gasteiger charge is -2.26. The molecular weight excluding hydrogens is 356 g/mol. The predicted octanol–water partition coefficient (Wildman–Crippen LogP) is 7.86. The monoisotopic (exact) mass is 394 g/mol. The first kappa shape index (κ1) is 23.2. The number of ether oxygens (including phenoxy) is 2. The van der Waals surface area contributed by atoms with Crippen molar-refractivity contribution in [2.24, 2.45) is 0 Å². The quantitative estimate of drug-likeness (QED) is 0.301. The summed E-state index contributed by atoms with van der Waals surface area (Å²) in [6, 6.07) is 15.0. The average Bonchev–Trinajstić information content (AvgIpc) is 2.69. The molecule has 0 aliphatic rings. The minimum atomic E-state index is 0.0105. The van der Waals surface area contributed by atoms with Crippen LogP contribution in [0.4, 0.5) is 0 Å². The van der Waals surface area contributed by atoms with Crippen LogP contribution in [0.5, 0.6) is 0 Å². The Morgan fingerprint density at radius 3 is 1.90 bits per heavy atom. The van der Waals surface area contributed by atoms with Gasteiger partial charge in [-0.3, -0.25) is 0 Å².